The Bertz CT molecular complexity index is 1350. The summed E-state index contributed by atoms with van der Waals surface area (Å²) >= 11 is 0. The summed E-state index contributed by atoms with van der Waals surface area (Å²) in [5, 5.41) is 27.3. The van der Waals surface area contributed by atoms with Gasteiger partial charge in [-0.25, -0.2) is 5.43 Å². The maximum Gasteiger partial charge on any atom is 0.311 e. The number of aromatic hydroxyl groups is 1. The third-order valence-corrected chi connectivity index (χ3v) is 4.85. The lowest BCUT2D eigenvalue weighted by atomic mass is 10.1. The Balaban J connectivity index is 1.57. The zero-order chi connectivity index (χ0) is 24.8. The largest absolute Gasteiger partial charge is 0.502 e. The summed E-state index contributed by atoms with van der Waals surface area (Å²) in [5.74, 6) is -0.833. The van der Waals surface area contributed by atoms with Crippen LogP contribution in [0.25, 0.3) is 6.08 Å². The van der Waals surface area contributed by atoms with Gasteiger partial charge in [-0.2, -0.15) is 5.10 Å². The maximum atomic E-state index is 12.9. The Kier molecular flexibility index (Phi) is 6.68. The van der Waals surface area contributed by atoms with E-state index < -0.39 is 28.2 Å². The van der Waals surface area contributed by atoms with Crippen LogP contribution in [-0.2, 0) is 4.79 Å². The second-order valence-electron chi connectivity index (χ2n) is 7.16. The number of ether oxygens (including phenoxy) is 2. The van der Waals surface area contributed by atoms with Crippen LogP contribution in [-0.4, -0.2) is 34.9 Å². The van der Waals surface area contributed by atoms with Crippen LogP contribution in [0.3, 0.4) is 0 Å². The van der Waals surface area contributed by atoms with Crippen molar-refractivity contribution in [3.8, 4) is 17.2 Å². The van der Waals surface area contributed by atoms with Gasteiger partial charge in [0.2, 0.25) is 12.5 Å². The van der Waals surface area contributed by atoms with Crippen molar-refractivity contribution in [2.75, 3.05) is 6.79 Å². The lowest BCUT2D eigenvalue weighted by molar-refractivity contribution is -0.385. The number of amides is 2. The standard InChI is InChI=1S/C24H18N4O7/c29-22-17(7-4-8-19(22)28(32)33)13-25-27-24(31)18(26-23(30)16-5-2-1-3-6-16)11-15-9-10-20-21(12-15)35-14-34-20/h1-13,29H,14H2,(H,26,30)(H,27,31)/b18-11?,25-13+. The highest BCUT2D eigenvalue weighted by Gasteiger charge is 2.18. The zero-order valence-electron chi connectivity index (χ0n) is 18.0. The Hall–Kier alpha value is -5.19. The molecule has 1 heterocycles. The van der Waals surface area contributed by atoms with Gasteiger partial charge in [0.1, 0.15) is 5.70 Å². The van der Waals surface area contributed by atoms with E-state index >= 15 is 0 Å². The van der Waals surface area contributed by atoms with Gasteiger partial charge < -0.3 is 19.9 Å². The number of nitrogens with one attached hydrogen (secondary N) is 2. The summed E-state index contributed by atoms with van der Waals surface area (Å²) in [7, 11) is 0. The minimum Gasteiger partial charge on any atom is -0.502 e. The second kappa shape index (κ2) is 10.2. The molecule has 176 valence electrons. The van der Waals surface area contributed by atoms with E-state index in [4.69, 9.17) is 9.47 Å². The first-order valence-electron chi connectivity index (χ1n) is 10.2. The van der Waals surface area contributed by atoms with Gasteiger partial charge in [0.15, 0.2) is 11.5 Å². The van der Waals surface area contributed by atoms with Crippen molar-refractivity contribution in [3.63, 3.8) is 0 Å². The monoisotopic (exact) mass is 474 g/mol. The normalized spacial score (nSPS) is 12.4. The summed E-state index contributed by atoms with van der Waals surface area (Å²) in [6.07, 6.45) is 2.48. The van der Waals surface area contributed by atoms with Crippen LogP contribution in [0, 0.1) is 10.1 Å². The van der Waals surface area contributed by atoms with Crippen LogP contribution in [0.2, 0.25) is 0 Å². The summed E-state index contributed by atoms with van der Waals surface area (Å²) in [5.41, 5.74) is 2.53. The third-order valence-electron chi connectivity index (χ3n) is 4.85. The van der Waals surface area contributed by atoms with Crippen LogP contribution in [0.1, 0.15) is 21.5 Å². The molecule has 0 aromatic heterocycles. The van der Waals surface area contributed by atoms with E-state index in [-0.39, 0.29) is 18.1 Å². The molecule has 3 N–H and O–H groups in total. The first-order chi connectivity index (χ1) is 16.9. The van der Waals surface area contributed by atoms with Crippen molar-refractivity contribution in [1.29, 1.82) is 0 Å². The van der Waals surface area contributed by atoms with Crippen molar-refractivity contribution < 1.29 is 29.1 Å². The molecule has 3 aromatic rings. The number of hydrogen-bond acceptors (Lipinski definition) is 8. The molecule has 0 unspecified atom stereocenters. The molecule has 1 aliphatic heterocycles. The molecule has 11 heteroatoms. The molecule has 35 heavy (non-hydrogen) atoms. The zero-order valence-corrected chi connectivity index (χ0v) is 18.0. The molecule has 1 aliphatic rings. The number of hydrazone groups is 1. The topological polar surface area (TPSA) is 152 Å². The Morgan fingerprint density at radius 2 is 1.80 bits per heavy atom. The van der Waals surface area contributed by atoms with Gasteiger partial charge in [-0.15, -0.1) is 0 Å². The van der Waals surface area contributed by atoms with Gasteiger partial charge in [0.05, 0.1) is 11.1 Å². The fourth-order valence-electron chi connectivity index (χ4n) is 3.13. The molecule has 2 amide bonds. The number of hydrogen-bond donors (Lipinski definition) is 3. The van der Waals surface area contributed by atoms with Gasteiger partial charge in [0.25, 0.3) is 11.8 Å². The number of phenols is 1. The maximum absolute atomic E-state index is 12.9. The number of nitrogens with zero attached hydrogens (tertiary/aromatic N) is 2. The van der Waals surface area contributed by atoms with Gasteiger partial charge in [-0.05, 0) is 42.0 Å². The first-order valence-corrected chi connectivity index (χ1v) is 10.2. The molecule has 0 aliphatic carbocycles. The summed E-state index contributed by atoms with van der Waals surface area (Å²) in [4.78, 5) is 35.8. The Labute approximate surface area is 198 Å². The third kappa shape index (κ3) is 5.42. The second-order valence-corrected chi connectivity index (χ2v) is 7.16. The molecule has 0 atom stereocenters. The Morgan fingerprint density at radius 1 is 1.03 bits per heavy atom. The van der Waals surface area contributed by atoms with E-state index in [2.05, 4.69) is 15.8 Å². The molecule has 0 fully saturated rings. The SMILES string of the molecule is O=C(N/N=C/c1cccc([N+](=O)[O-])c1O)C(=Cc1ccc2c(c1)OCO2)NC(=O)c1ccccc1. The molecule has 3 aromatic carbocycles. The highest BCUT2D eigenvalue weighted by molar-refractivity contribution is 6.05. The lowest BCUT2D eigenvalue weighted by Gasteiger charge is -2.09. The number of rotatable bonds is 7. The number of carbonyl (C=O) groups excluding carboxylic acids is 2. The van der Waals surface area contributed by atoms with Crippen LogP contribution in [0.4, 0.5) is 5.69 Å². The van der Waals surface area contributed by atoms with Crippen LogP contribution in [0.15, 0.2) is 77.5 Å². The molecule has 4 rings (SSSR count). The van der Waals surface area contributed by atoms with Gasteiger partial charge in [-0.1, -0.05) is 30.3 Å². The summed E-state index contributed by atoms with van der Waals surface area (Å²) in [6.45, 7) is 0.0831. The van der Waals surface area contributed by atoms with Gasteiger partial charge >= 0.3 is 5.69 Å². The van der Waals surface area contributed by atoms with Crippen molar-refractivity contribution in [2.45, 2.75) is 0 Å². The van der Waals surface area contributed by atoms with Gasteiger partial charge in [-0.3, -0.25) is 19.7 Å². The first kappa shape index (κ1) is 23.0. The van der Waals surface area contributed by atoms with Crippen molar-refractivity contribution in [1.82, 2.24) is 10.7 Å². The molecular weight excluding hydrogens is 456 g/mol. The van der Waals surface area contributed by atoms with Crippen molar-refractivity contribution >= 4 is 29.8 Å². The van der Waals surface area contributed by atoms with Crippen molar-refractivity contribution in [3.05, 3.63) is 99.2 Å². The highest BCUT2D eigenvalue weighted by Crippen LogP contribution is 2.33. The summed E-state index contributed by atoms with van der Waals surface area (Å²) in [6, 6.07) is 17.2. The van der Waals surface area contributed by atoms with E-state index in [0.29, 0.717) is 22.6 Å². The number of fused-ring (bicyclic) bond motifs is 1. The van der Waals surface area contributed by atoms with Crippen LogP contribution in [0.5, 0.6) is 17.2 Å². The number of para-hydroxylation sites is 1. The molecule has 0 radical (unpaired) electrons. The quantitative estimate of drug-likeness (QED) is 0.206. The number of nitro groups is 1. The average Bonchev–Trinajstić information content (AvgIpc) is 3.33. The minimum atomic E-state index is -0.770. The van der Waals surface area contributed by atoms with Gasteiger partial charge in [0, 0.05) is 17.2 Å². The molecule has 0 saturated heterocycles. The predicted molar refractivity (Wildman–Crippen MR) is 125 cm³/mol. The smallest absolute Gasteiger partial charge is 0.311 e. The van der Waals surface area contributed by atoms with Crippen LogP contribution >= 0.6 is 0 Å². The predicted octanol–water partition coefficient (Wildman–Crippen LogP) is 2.95. The molecular formula is C24H18N4O7. The molecule has 0 bridgehead atoms. The highest BCUT2D eigenvalue weighted by atomic mass is 16.7. The molecule has 0 spiro atoms. The average molecular weight is 474 g/mol. The molecule has 11 nitrogen and oxygen atoms in total. The number of phenolic OH excluding ortho intramolecular Hbond substituents is 1. The number of nitro benzene ring substituents is 1. The van der Waals surface area contributed by atoms with E-state index in [0.717, 1.165) is 12.3 Å². The fourth-order valence-corrected chi connectivity index (χ4v) is 3.13. The molecule has 0 saturated carbocycles. The minimum absolute atomic E-state index is 0.0223. The number of carbonyl (C=O) groups is 2. The van der Waals surface area contributed by atoms with E-state index in [1.807, 2.05) is 0 Å². The van der Waals surface area contributed by atoms with E-state index in [9.17, 15) is 24.8 Å². The van der Waals surface area contributed by atoms with Crippen LogP contribution < -0.4 is 20.2 Å². The Morgan fingerprint density at radius 3 is 2.57 bits per heavy atom. The van der Waals surface area contributed by atoms with Crippen molar-refractivity contribution in [2.24, 2.45) is 5.10 Å². The lowest BCUT2D eigenvalue weighted by Crippen LogP contribution is -2.32. The van der Waals surface area contributed by atoms with E-state index in [1.165, 1.54) is 18.2 Å². The van der Waals surface area contributed by atoms with E-state index in [1.54, 1.807) is 48.5 Å². The fraction of sp³-hybridized carbons (Fsp3) is 0.0417. The summed E-state index contributed by atoms with van der Waals surface area (Å²) < 4.78 is 10.6. The number of benzene rings is 3.